The Morgan fingerprint density at radius 1 is 1.17 bits per heavy atom. The number of carbonyl (C=O) groups is 2. The number of benzene rings is 2. The minimum absolute atomic E-state index is 0.231. The van der Waals surface area contributed by atoms with Crippen LogP contribution in [-0.2, 0) is 11.3 Å². The molecule has 0 fully saturated rings. The number of methoxy groups -OCH3 is 1. The predicted molar refractivity (Wildman–Crippen MR) is 87.2 cm³/mol. The van der Waals surface area contributed by atoms with Crippen LogP contribution in [0.25, 0.3) is 10.9 Å². The van der Waals surface area contributed by atoms with Crippen LogP contribution in [0.4, 0.5) is 4.39 Å². The Labute approximate surface area is 137 Å². The van der Waals surface area contributed by atoms with Gasteiger partial charge in [0.05, 0.1) is 7.11 Å². The van der Waals surface area contributed by atoms with Crippen molar-refractivity contribution in [1.29, 1.82) is 0 Å². The SMILES string of the molecule is COC(=O)c1cc2cc(C(=O)NCc3cccc(F)c3)ccc2[nH]1. The van der Waals surface area contributed by atoms with Gasteiger partial charge in [0.1, 0.15) is 11.5 Å². The van der Waals surface area contributed by atoms with Crippen molar-refractivity contribution >= 4 is 22.8 Å². The molecule has 0 unspecified atom stereocenters. The highest BCUT2D eigenvalue weighted by Crippen LogP contribution is 2.18. The molecule has 0 aliphatic heterocycles. The minimum Gasteiger partial charge on any atom is -0.464 e. The quantitative estimate of drug-likeness (QED) is 0.724. The Morgan fingerprint density at radius 3 is 2.75 bits per heavy atom. The van der Waals surface area contributed by atoms with Gasteiger partial charge < -0.3 is 15.0 Å². The summed E-state index contributed by atoms with van der Waals surface area (Å²) in [6, 6.07) is 12.7. The van der Waals surface area contributed by atoms with Crippen molar-refractivity contribution in [2.75, 3.05) is 7.11 Å². The average molecular weight is 326 g/mol. The van der Waals surface area contributed by atoms with Crippen molar-refractivity contribution in [3.63, 3.8) is 0 Å². The second-order valence-electron chi connectivity index (χ2n) is 5.29. The van der Waals surface area contributed by atoms with Gasteiger partial charge in [0.2, 0.25) is 0 Å². The zero-order chi connectivity index (χ0) is 17.1. The molecule has 0 saturated carbocycles. The zero-order valence-corrected chi connectivity index (χ0v) is 12.9. The highest BCUT2D eigenvalue weighted by molar-refractivity contribution is 6.00. The first-order valence-electron chi connectivity index (χ1n) is 7.30. The predicted octanol–water partition coefficient (Wildman–Crippen LogP) is 3.02. The van der Waals surface area contributed by atoms with Gasteiger partial charge in [-0.1, -0.05) is 12.1 Å². The van der Waals surface area contributed by atoms with Crippen molar-refractivity contribution in [3.8, 4) is 0 Å². The van der Waals surface area contributed by atoms with Gasteiger partial charge in [0, 0.05) is 23.0 Å². The van der Waals surface area contributed by atoms with Gasteiger partial charge in [-0.05, 0) is 42.0 Å². The number of rotatable bonds is 4. The van der Waals surface area contributed by atoms with Crippen LogP contribution in [0.5, 0.6) is 0 Å². The van der Waals surface area contributed by atoms with Crippen LogP contribution in [-0.4, -0.2) is 24.0 Å². The highest BCUT2D eigenvalue weighted by atomic mass is 19.1. The third-order valence-electron chi connectivity index (χ3n) is 3.63. The number of aromatic nitrogens is 1. The van der Waals surface area contributed by atoms with Crippen molar-refractivity contribution in [2.45, 2.75) is 6.54 Å². The van der Waals surface area contributed by atoms with Crippen molar-refractivity contribution < 1.29 is 18.7 Å². The normalized spacial score (nSPS) is 10.6. The molecule has 122 valence electrons. The molecule has 3 rings (SSSR count). The summed E-state index contributed by atoms with van der Waals surface area (Å²) in [5.74, 6) is -1.09. The molecule has 1 amide bonds. The molecule has 1 aromatic heterocycles. The molecular formula is C18H15FN2O3. The summed E-state index contributed by atoms with van der Waals surface area (Å²) >= 11 is 0. The third-order valence-corrected chi connectivity index (χ3v) is 3.63. The molecular weight excluding hydrogens is 311 g/mol. The molecule has 0 bridgehead atoms. The lowest BCUT2D eigenvalue weighted by molar-refractivity contribution is 0.0595. The molecule has 5 nitrogen and oxygen atoms in total. The van der Waals surface area contributed by atoms with Gasteiger partial charge in [-0.3, -0.25) is 4.79 Å². The van der Waals surface area contributed by atoms with Crippen molar-refractivity contribution in [1.82, 2.24) is 10.3 Å². The molecule has 2 aromatic carbocycles. The van der Waals surface area contributed by atoms with E-state index in [1.54, 1.807) is 36.4 Å². The maximum absolute atomic E-state index is 13.1. The molecule has 24 heavy (non-hydrogen) atoms. The monoisotopic (exact) mass is 326 g/mol. The van der Waals surface area contributed by atoms with E-state index in [1.807, 2.05) is 0 Å². The topological polar surface area (TPSA) is 71.2 Å². The van der Waals surface area contributed by atoms with Crippen molar-refractivity contribution in [3.05, 3.63) is 71.2 Å². The van der Waals surface area contributed by atoms with Crippen LogP contribution >= 0.6 is 0 Å². The summed E-state index contributed by atoms with van der Waals surface area (Å²) in [5.41, 5.74) is 2.19. The van der Waals surface area contributed by atoms with E-state index in [4.69, 9.17) is 0 Å². The summed E-state index contributed by atoms with van der Waals surface area (Å²) in [5, 5.41) is 3.47. The summed E-state index contributed by atoms with van der Waals surface area (Å²) in [4.78, 5) is 26.7. The van der Waals surface area contributed by atoms with Gasteiger partial charge in [0.25, 0.3) is 5.91 Å². The van der Waals surface area contributed by atoms with Crippen LogP contribution in [0.2, 0.25) is 0 Å². The minimum atomic E-state index is -0.469. The second-order valence-corrected chi connectivity index (χ2v) is 5.29. The Balaban J connectivity index is 1.76. The van der Waals surface area contributed by atoms with E-state index >= 15 is 0 Å². The number of aromatic amines is 1. The van der Waals surface area contributed by atoms with E-state index in [9.17, 15) is 14.0 Å². The lowest BCUT2D eigenvalue weighted by Gasteiger charge is -2.06. The number of hydrogen-bond donors (Lipinski definition) is 2. The number of hydrogen-bond acceptors (Lipinski definition) is 3. The van der Waals surface area contributed by atoms with Gasteiger partial charge in [-0.2, -0.15) is 0 Å². The van der Waals surface area contributed by atoms with E-state index in [0.29, 0.717) is 16.8 Å². The first-order chi connectivity index (χ1) is 11.6. The number of ether oxygens (including phenoxy) is 1. The molecule has 0 saturated heterocycles. The third kappa shape index (κ3) is 3.27. The first-order valence-corrected chi connectivity index (χ1v) is 7.30. The van der Waals surface area contributed by atoms with E-state index in [1.165, 1.54) is 19.2 Å². The first kappa shape index (κ1) is 15.7. The van der Waals surface area contributed by atoms with Gasteiger partial charge >= 0.3 is 5.97 Å². The molecule has 6 heteroatoms. The van der Waals surface area contributed by atoms with Gasteiger partial charge in [-0.25, -0.2) is 9.18 Å². The van der Waals surface area contributed by atoms with Crippen LogP contribution in [0, 0.1) is 5.82 Å². The Morgan fingerprint density at radius 2 is 2.00 bits per heavy atom. The molecule has 2 N–H and O–H groups in total. The Hall–Kier alpha value is -3.15. The molecule has 0 atom stereocenters. The summed E-state index contributed by atoms with van der Waals surface area (Å²) in [7, 11) is 1.30. The van der Waals surface area contributed by atoms with E-state index in [2.05, 4.69) is 15.0 Å². The van der Waals surface area contributed by atoms with Gasteiger partial charge in [0.15, 0.2) is 0 Å². The number of esters is 1. The van der Waals surface area contributed by atoms with Gasteiger partial charge in [-0.15, -0.1) is 0 Å². The number of nitrogens with one attached hydrogen (secondary N) is 2. The number of H-pyrrole nitrogens is 1. The Bertz CT molecular complexity index is 918. The van der Waals surface area contributed by atoms with Crippen LogP contribution in [0.15, 0.2) is 48.5 Å². The molecule has 0 spiro atoms. The maximum atomic E-state index is 13.1. The van der Waals surface area contributed by atoms with E-state index < -0.39 is 5.97 Å². The maximum Gasteiger partial charge on any atom is 0.354 e. The van der Waals surface area contributed by atoms with E-state index in [0.717, 1.165) is 10.9 Å². The molecule has 3 aromatic rings. The fourth-order valence-electron chi connectivity index (χ4n) is 2.43. The molecule has 0 aliphatic carbocycles. The van der Waals surface area contributed by atoms with E-state index in [-0.39, 0.29) is 18.3 Å². The summed E-state index contributed by atoms with van der Waals surface area (Å²) in [6.45, 7) is 0.231. The zero-order valence-electron chi connectivity index (χ0n) is 12.9. The molecule has 1 heterocycles. The largest absolute Gasteiger partial charge is 0.464 e. The summed E-state index contributed by atoms with van der Waals surface area (Å²) in [6.07, 6.45) is 0. The van der Waals surface area contributed by atoms with Crippen LogP contribution < -0.4 is 5.32 Å². The van der Waals surface area contributed by atoms with Crippen molar-refractivity contribution in [2.24, 2.45) is 0 Å². The number of carbonyl (C=O) groups excluding carboxylic acids is 2. The standard InChI is InChI=1S/C18H15FN2O3/c1-24-18(23)16-9-13-8-12(5-6-15(13)21-16)17(22)20-10-11-3-2-4-14(19)7-11/h2-9,21H,10H2,1H3,(H,20,22). The Kier molecular flexibility index (Phi) is 4.29. The number of amides is 1. The molecule has 0 radical (unpaired) electrons. The van der Waals surface area contributed by atoms with Crippen LogP contribution in [0.1, 0.15) is 26.4 Å². The number of fused-ring (bicyclic) bond motifs is 1. The van der Waals surface area contributed by atoms with Crippen LogP contribution in [0.3, 0.4) is 0 Å². The highest BCUT2D eigenvalue weighted by Gasteiger charge is 2.12. The lowest BCUT2D eigenvalue weighted by atomic mass is 10.1. The smallest absolute Gasteiger partial charge is 0.354 e. The lowest BCUT2D eigenvalue weighted by Crippen LogP contribution is -2.22. The fraction of sp³-hybridized carbons (Fsp3) is 0.111. The fourth-order valence-corrected chi connectivity index (χ4v) is 2.43. The summed E-state index contributed by atoms with van der Waals surface area (Å²) < 4.78 is 17.8. The molecule has 0 aliphatic rings. The number of halogens is 1. The average Bonchev–Trinajstić information content (AvgIpc) is 3.02. The second kappa shape index (κ2) is 6.54.